The molecule has 1 aromatic carbocycles. The molecule has 2 aliphatic rings. The lowest BCUT2D eigenvalue weighted by atomic mass is 9.86. The van der Waals surface area contributed by atoms with Gasteiger partial charge in [-0.3, -0.25) is 4.90 Å². The number of nitrogens with zero attached hydrogens (tertiary/aromatic N) is 1. The minimum Gasteiger partial charge on any atom is -0.434 e. The molecular formula is C15H20BrClF2N2O. The molecule has 1 aromatic rings. The SMILES string of the molecule is Cl.FC(F)Oc1ccc(CN2CCC3(CCNC3)C2)cc1Br. The largest absolute Gasteiger partial charge is 0.434 e. The Morgan fingerprint density at radius 2 is 2.18 bits per heavy atom. The number of rotatable bonds is 4. The summed E-state index contributed by atoms with van der Waals surface area (Å²) < 4.78 is 29.5. The third-order valence-electron chi connectivity index (χ3n) is 4.47. The number of alkyl halides is 2. The monoisotopic (exact) mass is 396 g/mol. The van der Waals surface area contributed by atoms with Crippen LogP contribution in [0.25, 0.3) is 0 Å². The summed E-state index contributed by atoms with van der Waals surface area (Å²) in [6.45, 7) is 2.53. The Labute approximate surface area is 143 Å². The number of nitrogens with one attached hydrogen (secondary N) is 1. The van der Waals surface area contributed by atoms with E-state index in [4.69, 9.17) is 0 Å². The molecule has 3 nitrogen and oxygen atoms in total. The third kappa shape index (κ3) is 4.10. The zero-order valence-corrected chi connectivity index (χ0v) is 14.6. The maximum absolute atomic E-state index is 12.2. The third-order valence-corrected chi connectivity index (χ3v) is 5.09. The molecule has 2 fully saturated rings. The Balaban J connectivity index is 0.00000176. The van der Waals surface area contributed by atoms with Crippen molar-refractivity contribution in [3.05, 3.63) is 28.2 Å². The van der Waals surface area contributed by atoms with E-state index in [1.54, 1.807) is 6.07 Å². The quantitative estimate of drug-likeness (QED) is 0.839. The van der Waals surface area contributed by atoms with Crippen LogP contribution in [0.2, 0.25) is 0 Å². The van der Waals surface area contributed by atoms with E-state index in [0.717, 1.165) is 38.3 Å². The smallest absolute Gasteiger partial charge is 0.387 e. The lowest BCUT2D eigenvalue weighted by Gasteiger charge is -2.23. The molecule has 1 N–H and O–H groups in total. The highest BCUT2D eigenvalue weighted by Gasteiger charge is 2.39. The molecule has 7 heteroatoms. The molecule has 0 aromatic heterocycles. The van der Waals surface area contributed by atoms with Crippen LogP contribution >= 0.6 is 28.3 Å². The topological polar surface area (TPSA) is 24.5 Å². The van der Waals surface area contributed by atoms with Crippen molar-refractivity contribution in [3.63, 3.8) is 0 Å². The molecule has 2 heterocycles. The van der Waals surface area contributed by atoms with Crippen molar-refractivity contribution in [3.8, 4) is 5.75 Å². The molecule has 22 heavy (non-hydrogen) atoms. The molecule has 1 unspecified atom stereocenters. The van der Waals surface area contributed by atoms with Crippen molar-refractivity contribution in [2.75, 3.05) is 26.2 Å². The number of ether oxygens (including phenoxy) is 1. The fourth-order valence-corrected chi connectivity index (χ4v) is 3.92. The minimum atomic E-state index is -2.79. The predicted octanol–water partition coefficient (Wildman–Crippen LogP) is 3.66. The van der Waals surface area contributed by atoms with Crippen LogP contribution in [0.15, 0.2) is 22.7 Å². The highest BCUT2D eigenvalue weighted by molar-refractivity contribution is 9.10. The second-order valence-corrected chi connectivity index (χ2v) is 6.89. The first-order chi connectivity index (χ1) is 10.1. The average Bonchev–Trinajstić information content (AvgIpc) is 3.04. The van der Waals surface area contributed by atoms with Crippen molar-refractivity contribution in [1.82, 2.24) is 10.2 Å². The van der Waals surface area contributed by atoms with E-state index in [0.29, 0.717) is 9.89 Å². The van der Waals surface area contributed by atoms with Gasteiger partial charge in [-0.15, -0.1) is 12.4 Å². The Morgan fingerprint density at radius 1 is 1.36 bits per heavy atom. The number of hydrogen-bond donors (Lipinski definition) is 1. The summed E-state index contributed by atoms with van der Waals surface area (Å²) in [5.41, 5.74) is 1.57. The van der Waals surface area contributed by atoms with Gasteiger partial charge >= 0.3 is 6.61 Å². The molecule has 124 valence electrons. The lowest BCUT2D eigenvalue weighted by molar-refractivity contribution is -0.0503. The number of likely N-dealkylation sites (tertiary alicyclic amines) is 1. The first-order valence-electron chi connectivity index (χ1n) is 7.23. The second-order valence-electron chi connectivity index (χ2n) is 6.03. The van der Waals surface area contributed by atoms with Gasteiger partial charge in [0.15, 0.2) is 0 Å². The lowest BCUT2D eigenvalue weighted by Crippen LogP contribution is -2.28. The molecule has 0 radical (unpaired) electrons. The fourth-order valence-electron chi connectivity index (χ4n) is 3.40. The number of hydrogen-bond acceptors (Lipinski definition) is 3. The van der Waals surface area contributed by atoms with E-state index >= 15 is 0 Å². The standard InChI is InChI=1S/C15H19BrF2N2O.ClH/c16-12-7-11(1-2-13(12)21-14(17)18)8-20-6-4-15(10-20)3-5-19-9-15;/h1-2,7,14,19H,3-6,8-10H2;1H. The molecule has 0 bridgehead atoms. The van der Waals surface area contributed by atoms with E-state index in [1.165, 1.54) is 12.8 Å². The highest BCUT2D eigenvalue weighted by atomic mass is 79.9. The molecule has 3 rings (SSSR count). The normalized spacial score (nSPS) is 24.9. The minimum absolute atomic E-state index is 0. The Kier molecular flexibility index (Phi) is 6.05. The van der Waals surface area contributed by atoms with Gasteiger partial charge in [-0.2, -0.15) is 8.78 Å². The molecule has 1 spiro atoms. The number of benzene rings is 1. The van der Waals surface area contributed by atoms with E-state index in [2.05, 4.69) is 30.9 Å². The van der Waals surface area contributed by atoms with Crippen LogP contribution in [0.3, 0.4) is 0 Å². The molecular weight excluding hydrogens is 378 g/mol. The summed E-state index contributed by atoms with van der Waals surface area (Å²) in [6.07, 6.45) is 2.50. The first-order valence-corrected chi connectivity index (χ1v) is 8.02. The van der Waals surface area contributed by atoms with E-state index in [1.807, 2.05) is 12.1 Å². The Hall–Kier alpha value is -0.430. The summed E-state index contributed by atoms with van der Waals surface area (Å²) >= 11 is 3.30. The van der Waals surface area contributed by atoms with Gasteiger partial charge in [-0.1, -0.05) is 6.07 Å². The van der Waals surface area contributed by atoms with E-state index in [9.17, 15) is 8.78 Å². The van der Waals surface area contributed by atoms with Crippen LogP contribution in [-0.4, -0.2) is 37.7 Å². The first kappa shape index (κ1) is 17.9. The zero-order chi connectivity index (χ0) is 14.9. The van der Waals surface area contributed by atoms with E-state index in [-0.39, 0.29) is 18.2 Å². The van der Waals surface area contributed by atoms with Gasteiger partial charge in [0.1, 0.15) is 5.75 Å². The number of halogens is 4. The molecule has 0 aliphatic carbocycles. The summed E-state index contributed by atoms with van der Waals surface area (Å²) in [7, 11) is 0. The Bertz CT molecular complexity index is 512. The molecule has 2 aliphatic heterocycles. The van der Waals surface area contributed by atoms with Crippen LogP contribution in [-0.2, 0) is 6.54 Å². The summed E-state index contributed by atoms with van der Waals surface area (Å²) in [5, 5.41) is 3.45. The van der Waals surface area contributed by atoms with Gasteiger partial charge in [0.2, 0.25) is 0 Å². The van der Waals surface area contributed by atoms with Crippen molar-refractivity contribution < 1.29 is 13.5 Å². The summed E-state index contributed by atoms with van der Waals surface area (Å²) in [5.74, 6) is 0.187. The summed E-state index contributed by atoms with van der Waals surface area (Å²) in [6, 6.07) is 5.34. The van der Waals surface area contributed by atoms with Gasteiger partial charge in [0, 0.05) is 19.6 Å². The van der Waals surface area contributed by atoms with Gasteiger partial charge < -0.3 is 10.1 Å². The van der Waals surface area contributed by atoms with Gasteiger partial charge in [0.05, 0.1) is 4.47 Å². The van der Waals surface area contributed by atoms with Crippen LogP contribution in [0, 0.1) is 5.41 Å². The summed E-state index contributed by atoms with van der Waals surface area (Å²) in [4.78, 5) is 2.45. The zero-order valence-electron chi connectivity index (χ0n) is 12.2. The van der Waals surface area contributed by atoms with E-state index < -0.39 is 6.61 Å². The van der Waals surface area contributed by atoms with Crippen LogP contribution in [0.4, 0.5) is 8.78 Å². The maximum Gasteiger partial charge on any atom is 0.387 e. The fraction of sp³-hybridized carbons (Fsp3) is 0.600. The van der Waals surface area contributed by atoms with Gasteiger partial charge in [-0.25, -0.2) is 0 Å². The Morgan fingerprint density at radius 3 is 2.82 bits per heavy atom. The second kappa shape index (κ2) is 7.43. The van der Waals surface area contributed by atoms with Crippen molar-refractivity contribution in [1.29, 1.82) is 0 Å². The van der Waals surface area contributed by atoms with Crippen molar-refractivity contribution in [2.24, 2.45) is 5.41 Å². The molecule has 0 amide bonds. The highest BCUT2D eigenvalue weighted by Crippen LogP contribution is 2.37. The van der Waals surface area contributed by atoms with Gasteiger partial charge in [0.25, 0.3) is 0 Å². The maximum atomic E-state index is 12.2. The predicted molar refractivity (Wildman–Crippen MR) is 87.8 cm³/mol. The van der Waals surface area contributed by atoms with Crippen LogP contribution in [0.1, 0.15) is 18.4 Å². The molecule has 2 saturated heterocycles. The molecule has 0 saturated carbocycles. The average molecular weight is 398 g/mol. The molecule has 1 atom stereocenters. The van der Waals surface area contributed by atoms with Crippen molar-refractivity contribution in [2.45, 2.75) is 26.0 Å². The van der Waals surface area contributed by atoms with Gasteiger partial charge in [-0.05, 0) is 65.0 Å². The van der Waals surface area contributed by atoms with Crippen LogP contribution < -0.4 is 10.1 Å². The van der Waals surface area contributed by atoms with Crippen LogP contribution in [0.5, 0.6) is 5.75 Å². The van der Waals surface area contributed by atoms with Crippen molar-refractivity contribution >= 4 is 28.3 Å².